The van der Waals surface area contributed by atoms with Crippen LogP contribution in [0.3, 0.4) is 0 Å². The van der Waals surface area contributed by atoms with Crippen molar-refractivity contribution in [1.29, 1.82) is 0 Å². The smallest absolute Gasteiger partial charge is 0.780 e. The van der Waals surface area contributed by atoms with Crippen LogP contribution in [0, 0.1) is 0 Å². The Morgan fingerprint density at radius 3 is 1.80 bits per heavy atom. The monoisotopic (exact) mass is 790 g/mol. The van der Waals surface area contributed by atoms with Gasteiger partial charge in [-0.3, -0.25) is 13.7 Å². The fraction of sp³-hybridized carbons (Fsp3) is 0.500. The van der Waals surface area contributed by atoms with Crippen LogP contribution in [0.25, 0.3) is 22.3 Å². The Labute approximate surface area is 336 Å². The molecule has 2 N–H and O–H groups in total. The summed E-state index contributed by atoms with van der Waals surface area (Å²) in [5.41, 5.74) is 1.02. The molecule has 50 heavy (non-hydrogen) atoms. The second-order valence-corrected chi connectivity index (χ2v) is 16.4. The van der Waals surface area contributed by atoms with E-state index >= 15 is 8.78 Å². The third kappa shape index (κ3) is 7.48. The Bertz CT molecular complexity index is 1870. The maximum atomic E-state index is 16.2. The van der Waals surface area contributed by atoms with Crippen molar-refractivity contribution in [1.82, 2.24) is 39.0 Å². The first-order chi connectivity index (χ1) is 23.1. The molecule has 4 aromatic rings. The molecular weight excluding hydrogens is 766 g/mol. The van der Waals surface area contributed by atoms with E-state index in [2.05, 4.69) is 40.5 Å². The Balaban J connectivity index is 0.00000216. The molecule has 3 fully saturated rings. The van der Waals surface area contributed by atoms with Gasteiger partial charge in [0.1, 0.15) is 43.8 Å². The minimum absolute atomic E-state index is 0. The van der Waals surface area contributed by atoms with Gasteiger partial charge < -0.3 is 55.3 Å². The molecule has 0 aliphatic carbocycles. The van der Waals surface area contributed by atoms with E-state index in [0.29, 0.717) is 35.8 Å². The molecule has 10 atom stereocenters. The topological polar surface area (TPSA) is 207 Å². The molecule has 2 unspecified atom stereocenters. The van der Waals surface area contributed by atoms with Crippen LogP contribution in [0.2, 0.25) is 0 Å². The maximum absolute atomic E-state index is 16.2. The molecule has 14 bridgehead atoms. The van der Waals surface area contributed by atoms with Crippen molar-refractivity contribution < 1.29 is 105 Å². The number of hydrogen-bond donors (Lipinski definition) is 2. The van der Waals surface area contributed by atoms with Gasteiger partial charge in [-0.15, -0.1) is 0 Å². The van der Waals surface area contributed by atoms with E-state index in [-0.39, 0.29) is 70.4 Å². The van der Waals surface area contributed by atoms with Crippen LogP contribution in [-0.2, 0) is 56.2 Å². The first-order valence-corrected chi connectivity index (χ1v) is 19.5. The van der Waals surface area contributed by atoms with Gasteiger partial charge in [-0.1, -0.05) is 24.0 Å². The zero-order valence-corrected chi connectivity index (χ0v) is 33.6. The first kappa shape index (κ1) is 39.0. The molecule has 256 valence electrons. The van der Waals surface area contributed by atoms with Gasteiger partial charge in [0.05, 0.1) is 25.9 Å². The summed E-state index contributed by atoms with van der Waals surface area (Å²) in [6.45, 7) is -9.67. The minimum atomic E-state index is -4.50. The van der Waals surface area contributed by atoms with Gasteiger partial charge in [0, 0.05) is 13.1 Å². The van der Waals surface area contributed by atoms with E-state index in [1.165, 1.54) is 34.4 Å². The van der Waals surface area contributed by atoms with Gasteiger partial charge in [-0.05, 0) is 0 Å². The molecule has 9 rings (SSSR count). The normalized spacial score (nSPS) is 36.5. The van der Waals surface area contributed by atoms with Gasteiger partial charge >= 0.3 is 59.1 Å². The van der Waals surface area contributed by atoms with Crippen molar-refractivity contribution >= 4 is 71.5 Å². The van der Waals surface area contributed by atoms with Crippen LogP contribution < -0.4 is 74.6 Å². The largest absolute Gasteiger partial charge is 1.00 e. The number of anilines is 2. The zero-order valence-electron chi connectivity index (χ0n) is 26.2. The van der Waals surface area contributed by atoms with E-state index in [1.807, 2.05) is 12.2 Å². The van der Waals surface area contributed by atoms with Gasteiger partial charge in [0.2, 0.25) is 0 Å². The third-order valence-electron chi connectivity index (χ3n) is 8.04. The molecule has 5 aliphatic rings. The van der Waals surface area contributed by atoms with E-state index < -0.39 is 75.9 Å². The number of aromatic nitrogens is 8. The van der Waals surface area contributed by atoms with Crippen molar-refractivity contribution in [2.24, 2.45) is 0 Å². The Morgan fingerprint density at radius 1 is 0.800 bits per heavy atom. The molecule has 5 aliphatic heterocycles. The summed E-state index contributed by atoms with van der Waals surface area (Å²) >= 11 is 10.2. The molecule has 0 radical (unpaired) electrons. The Kier molecular flexibility index (Phi) is 12.1. The zero-order chi connectivity index (χ0) is 33.2. The predicted molar refractivity (Wildman–Crippen MR) is 165 cm³/mol. The molecule has 0 saturated carbocycles. The molecule has 0 aromatic carbocycles. The van der Waals surface area contributed by atoms with Gasteiger partial charge in [0.15, 0.2) is 65.6 Å². The van der Waals surface area contributed by atoms with Crippen LogP contribution in [0.4, 0.5) is 20.4 Å². The Morgan fingerprint density at radius 2 is 1.28 bits per heavy atom. The van der Waals surface area contributed by atoms with Crippen LogP contribution in [0.5, 0.6) is 0 Å². The van der Waals surface area contributed by atoms with E-state index in [0.717, 1.165) is 0 Å². The van der Waals surface area contributed by atoms with Gasteiger partial charge in [0.25, 0.3) is 0 Å². The maximum Gasteiger partial charge on any atom is 1.00 e. The van der Waals surface area contributed by atoms with Crippen molar-refractivity contribution in [3.63, 3.8) is 0 Å². The standard InChI is InChI=1S/C24H26F2N10O8P2S2.2Na/c25-13-17-11-5-39-46(38,48)44-18-12(6-40-45(37,47)43-17)42-24(14(18)26)36-10-34-16-20(30-8-32-22(16)36)28-4-2-1-3-27-19-15-21(31-7-29-19)35(9-33-15)23(13)41-11;;/h1-2,7-14,17-18,23-24H,3-6H2,(H,37,47)(H,38,48)(H,27,29,31)(H,28,30,32);;/q;2*+1/p-2/b2-1+;;/t11-,12-,13-,14-,17-,18-,23-,24-,45?,46?;;/m1../s1. The average Bonchev–Trinajstić information content (AvgIpc) is 3.81. The molecule has 4 aromatic heterocycles. The molecule has 9 heterocycles. The second-order valence-electron chi connectivity index (χ2n) is 11.0. The predicted octanol–water partition coefficient (Wildman–Crippen LogP) is -4.40. The number of nitrogens with one attached hydrogen (secondary N) is 2. The summed E-state index contributed by atoms with van der Waals surface area (Å²) in [5, 5.41) is 6.27. The average molecular weight is 791 g/mol. The fourth-order valence-electron chi connectivity index (χ4n) is 5.86. The van der Waals surface area contributed by atoms with Gasteiger partial charge in [-0.2, -0.15) is 0 Å². The van der Waals surface area contributed by atoms with Crippen LogP contribution in [0.15, 0.2) is 37.5 Å². The summed E-state index contributed by atoms with van der Waals surface area (Å²) in [7, 11) is 0. The second kappa shape index (κ2) is 15.5. The SMILES string of the molecule is O=P1([S-])OC[C@H]2O[C@@H]3[C@H](F)[C@@H]2OP([O-])(=S)OC[C@H]2O[C@H]([C@H](F)[C@@H]2O1)n1cnc2c(ncnc21)NC/C=C/CNc1ncnc2c1ncn23.[Na+].[Na+]. The number of fused-ring (bicyclic) bond motifs is 10. The molecule has 0 amide bonds. The fourth-order valence-corrected chi connectivity index (χ4v) is 8.70. The number of rotatable bonds is 0. The minimum Gasteiger partial charge on any atom is -0.780 e. The number of alkyl halides is 2. The number of hydrogen-bond acceptors (Lipinski definition) is 18. The molecule has 3 saturated heterocycles. The summed E-state index contributed by atoms with van der Waals surface area (Å²) in [5.74, 6) is 0.727. The van der Waals surface area contributed by atoms with Crippen molar-refractivity contribution in [2.75, 3.05) is 36.9 Å². The Hall–Kier alpha value is -0.750. The van der Waals surface area contributed by atoms with Crippen LogP contribution in [0.1, 0.15) is 12.5 Å². The van der Waals surface area contributed by atoms with Crippen molar-refractivity contribution in [3.05, 3.63) is 37.5 Å². The summed E-state index contributed by atoms with van der Waals surface area (Å²) in [6, 6.07) is 0. The summed E-state index contributed by atoms with van der Waals surface area (Å²) < 4.78 is 82.2. The van der Waals surface area contributed by atoms with E-state index in [4.69, 9.17) is 51.6 Å². The summed E-state index contributed by atoms with van der Waals surface area (Å²) in [6.07, 6.45) is -4.21. The molecule has 0 spiro atoms. The third-order valence-corrected chi connectivity index (χ3v) is 11.1. The number of nitrogens with zero attached hydrogens (tertiary/aromatic N) is 8. The molecular formula is C24H24F2N10Na2O8P2S2. The quantitative estimate of drug-likeness (QED) is 0.0747. The molecule has 18 nitrogen and oxygen atoms in total. The summed E-state index contributed by atoms with van der Waals surface area (Å²) in [4.78, 5) is 39.1. The number of ether oxygens (including phenoxy) is 2. The van der Waals surface area contributed by atoms with Gasteiger partial charge in [-0.25, -0.2) is 38.7 Å². The molecule has 26 heteroatoms. The van der Waals surface area contributed by atoms with E-state index in [1.54, 1.807) is 0 Å². The van der Waals surface area contributed by atoms with Crippen molar-refractivity contribution in [3.8, 4) is 0 Å². The van der Waals surface area contributed by atoms with Crippen molar-refractivity contribution in [2.45, 2.75) is 49.2 Å². The van der Waals surface area contributed by atoms with E-state index in [9.17, 15) is 9.46 Å². The van der Waals surface area contributed by atoms with Crippen LogP contribution in [-0.4, -0.2) is 102 Å². The number of imidazole rings is 2. The number of halogens is 2. The van der Waals surface area contributed by atoms with Crippen LogP contribution >= 0.6 is 13.5 Å². The first-order valence-electron chi connectivity index (χ1n) is 14.4.